The number of hydrogen-bond donors (Lipinski definition) is 0. The van der Waals surface area contributed by atoms with Gasteiger partial charge in [0.25, 0.3) is 0 Å². The summed E-state index contributed by atoms with van der Waals surface area (Å²) in [5.41, 5.74) is 6.10. The number of methoxy groups -OCH3 is 1. The maximum absolute atomic E-state index is 16.5. The van der Waals surface area contributed by atoms with Crippen molar-refractivity contribution in [3.8, 4) is 33.8 Å². The predicted molar refractivity (Wildman–Crippen MR) is 190 cm³/mol. The van der Waals surface area contributed by atoms with Crippen LogP contribution in [-0.4, -0.2) is 7.11 Å². The molecule has 1 aliphatic rings. The van der Waals surface area contributed by atoms with Gasteiger partial charge in [0.05, 0.1) is 7.11 Å². The first-order chi connectivity index (χ1) is 22.7. The lowest BCUT2D eigenvalue weighted by Crippen LogP contribution is -2.32. The van der Waals surface area contributed by atoms with Crippen LogP contribution >= 0.6 is 7.14 Å². The molecular weight excluding hydrogens is 583 g/mol. The number of benzene rings is 7. The molecule has 0 saturated heterocycles. The summed E-state index contributed by atoms with van der Waals surface area (Å²) in [5.74, 6) is 1.59. The van der Waals surface area contributed by atoms with Gasteiger partial charge in [-0.2, -0.15) is 0 Å². The molecule has 7 aromatic carbocycles. The molecule has 0 aliphatic carbocycles. The Hall–Kier alpha value is -5.37. The molecule has 1 unspecified atom stereocenters. The van der Waals surface area contributed by atoms with Gasteiger partial charge >= 0.3 is 0 Å². The molecular formula is C42H31O3P. The lowest BCUT2D eigenvalue weighted by molar-refractivity contribution is 0.245. The fourth-order valence-corrected chi connectivity index (χ4v) is 9.98. The Kier molecular flexibility index (Phi) is 7.05. The SMILES string of the molecule is COc1ccc(-c2c3c(c(P(=O)(c4ccccc4)c4ccccc4)c4ccccc24)C(c2ccccc2)Oc2ccccc2-3)cc1. The van der Waals surface area contributed by atoms with Crippen molar-refractivity contribution in [2.24, 2.45) is 0 Å². The molecule has 7 aromatic rings. The van der Waals surface area contributed by atoms with E-state index in [0.717, 1.165) is 71.6 Å². The first-order valence-electron chi connectivity index (χ1n) is 15.4. The molecule has 0 N–H and O–H groups in total. The van der Waals surface area contributed by atoms with Crippen LogP contribution in [0.3, 0.4) is 0 Å². The molecule has 8 rings (SSSR count). The summed E-state index contributed by atoms with van der Waals surface area (Å²) >= 11 is 0. The van der Waals surface area contributed by atoms with Gasteiger partial charge in [0, 0.05) is 32.6 Å². The standard InChI is InChI=1S/C42H31O3P/c1-44-31-27-25-29(26-28-31)38-34-21-11-12-22-35(34)42(46(43,32-17-7-3-8-18-32)33-19-9-4-10-20-33)40-39(38)36-23-13-14-24-37(36)45-41(40)30-15-5-2-6-16-30/h2-28,41H,1H3. The average molecular weight is 615 g/mol. The van der Waals surface area contributed by atoms with E-state index in [1.54, 1.807) is 7.11 Å². The molecule has 1 aliphatic heterocycles. The van der Waals surface area contributed by atoms with E-state index in [0.29, 0.717) is 0 Å². The molecule has 0 aromatic heterocycles. The Morgan fingerprint density at radius 1 is 0.565 bits per heavy atom. The van der Waals surface area contributed by atoms with Crippen molar-refractivity contribution in [3.05, 3.63) is 175 Å². The Bertz CT molecular complexity index is 2180. The largest absolute Gasteiger partial charge is 0.497 e. The topological polar surface area (TPSA) is 35.5 Å². The molecule has 0 radical (unpaired) electrons. The van der Waals surface area contributed by atoms with Gasteiger partial charge in [0.2, 0.25) is 0 Å². The Balaban J connectivity index is 1.62. The number of rotatable bonds is 6. The van der Waals surface area contributed by atoms with E-state index in [2.05, 4.69) is 54.6 Å². The molecule has 4 heteroatoms. The van der Waals surface area contributed by atoms with Gasteiger partial charge in [-0.15, -0.1) is 0 Å². The minimum atomic E-state index is -3.48. The molecule has 1 atom stereocenters. The minimum Gasteiger partial charge on any atom is -0.497 e. The van der Waals surface area contributed by atoms with E-state index in [4.69, 9.17) is 9.47 Å². The lowest BCUT2D eigenvalue weighted by Gasteiger charge is -2.36. The third-order valence-corrected chi connectivity index (χ3v) is 12.1. The maximum Gasteiger partial charge on any atom is 0.172 e. The van der Waals surface area contributed by atoms with Crippen molar-refractivity contribution < 1.29 is 14.0 Å². The van der Waals surface area contributed by atoms with Crippen LogP contribution in [0.15, 0.2) is 164 Å². The van der Waals surface area contributed by atoms with Crippen LogP contribution < -0.4 is 25.4 Å². The molecule has 222 valence electrons. The van der Waals surface area contributed by atoms with E-state index >= 15 is 4.57 Å². The van der Waals surface area contributed by atoms with Crippen molar-refractivity contribution in [1.29, 1.82) is 0 Å². The monoisotopic (exact) mass is 614 g/mol. The van der Waals surface area contributed by atoms with Crippen LogP contribution in [0.1, 0.15) is 17.2 Å². The normalized spacial score (nSPS) is 13.8. The molecule has 0 amide bonds. The molecule has 0 saturated carbocycles. The van der Waals surface area contributed by atoms with Gasteiger partial charge in [-0.25, -0.2) is 0 Å². The van der Waals surface area contributed by atoms with Crippen molar-refractivity contribution in [2.45, 2.75) is 6.10 Å². The number of hydrogen-bond acceptors (Lipinski definition) is 3. The van der Waals surface area contributed by atoms with Gasteiger partial charge in [-0.1, -0.05) is 146 Å². The summed E-state index contributed by atoms with van der Waals surface area (Å²) in [5, 5.41) is 4.38. The summed E-state index contributed by atoms with van der Waals surface area (Å²) in [6, 6.07) is 55.0. The molecule has 3 nitrogen and oxygen atoms in total. The third-order valence-electron chi connectivity index (χ3n) is 8.92. The molecule has 0 fully saturated rings. The highest BCUT2D eigenvalue weighted by molar-refractivity contribution is 7.85. The molecule has 46 heavy (non-hydrogen) atoms. The van der Waals surface area contributed by atoms with Crippen LogP contribution in [0.25, 0.3) is 33.0 Å². The fourth-order valence-electron chi connectivity index (χ4n) is 6.88. The van der Waals surface area contributed by atoms with Gasteiger partial charge in [0.1, 0.15) is 11.5 Å². The van der Waals surface area contributed by atoms with Gasteiger partial charge in [0.15, 0.2) is 13.2 Å². The van der Waals surface area contributed by atoms with Gasteiger partial charge in [-0.3, -0.25) is 0 Å². The summed E-state index contributed by atoms with van der Waals surface area (Å²) in [6.07, 6.45) is -0.497. The van der Waals surface area contributed by atoms with Crippen LogP contribution in [0, 0.1) is 0 Å². The molecule has 1 heterocycles. The summed E-state index contributed by atoms with van der Waals surface area (Å²) in [4.78, 5) is 0. The van der Waals surface area contributed by atoms with Crippen LogP contribution in [0.5, 0.6) is 11.5 Å². The number of para-hydroxylation sites is 1. The Morgan fingerprint density at radius 2 is 1.11 bits per heavy atom. The Labute approximate surface area is 269 Å². The second kappa shape index (κ2) is 11.5. The highest BCUT2D eigenvalue weighted by atomic mass is 31.2. The summed E-state index contributed by atoms with van der Waals surface area (Å²) in [7, 11) is -1.79. The second-order valence-electron chi connectivity index (χ2n) is 11.5. The zero-order valence-electron chi connectivity index (χ0n) is 25.3. The fraction of sp³-hybridized carbons (Fsp3) is 0.0476. The van der Waals surface area contributed by atoms with Crippen LogP contribution in [0.2, 0.25) is 0 Å². The highest BCUT2D eigenvalue weighted by Crippen LogP contribution is 2.56. The van der Waals surface area contributed by atoms with E-state index in [1.165, 1.54) is 0 Å². The zero-order chi connectivity index (χ0) is 31.1. The third kappa shape index (κ3) is 4.47. The summed E-state index contributed by atoms with van der Waals surface area (Å²) < 4.78 is 29.0. The molecule has 0 bridgehead atoms. The number of fused-ring (bicyclic) bond motifs is 4. The van der Waals surface area contributed by atoms with E-state index in [1.807, 2.05) is 109 Å². The first-order valence-corrected chi connectivity index (χ1v) is 17.1. The highest BCUT2D eigenvalue weighted by Gasteiger charge is 2.41. The van der Waals surface area contributed by atoms with Crippen molar-refractivity contribution in [2.75, 3.05) is 7.11 Å². The van der Waals surface area contributed by atoms with Crippen molar-refractivity contribution in [3.63, 3.8) is 0 Å². The smallest absolute Gasteiger partial charge is 0.172 e. The van der Waals surface area contributed by atoms with Crippen molar-refractivity contribution >= 4 is 33.8 Å². The van der Waals surface area contributed by atoms with E-state index < -0.39 is 13.2 Å². The maximum atomic E-state index is 16.5. The lowest BCUT2D eigenvalue weighted by atomic mass is 9.81. The first kappa shape index (κ1) is 28.1. The van der Waals surface area contributed by atoms with Crippen molar-refractivity contribution in [1.82, 2.24) is 0 Å². The quantitative estimate of drug-likeness (QED) is 0.175. The zero-order valence-corrected chi connectivity index (χ0v) is 26.2. The second-order valence-corrected chi connectivity index (χ2v) is 14.2. The Morgan fingerprint density at radius 3 is 1.74 bits per heavy atom. The molecule has 0 spiro atoms. The van der Waals surface area contributed by atoms with Gasteiger partial charge < -0.3 is 14.0 Å². The van der Waals surface area contributed by atoms with E-state index in [9.17, 15) is 0 Å². The van der Waals surface area contributed by atoms with Crippen LogP contribution in [0.4, 0.5) is 0 Å². The minimum absolute atomic E-state index is 0.497. The van der Waals surface area contributed by atoms with E-state index in [-0.39, 0.29) is 0 Å². The summed E-state index contributed by atoms with van der Waals surface area (Å²) in [6.45, 7) is 0. The number of ether oxygens (including phenoxy) is 2. The van der Waals surface area contributed by atoms with Gasteiger partial charge in [-0.05, 0) is 45.7 Å². The van der Waals surface area contributed by atoms with Crippen LogP contribution in [-0.2, 0) is 4.57 Å². The average Bonchev–Trinajstić information content (AvgIpc) is 3.14. The predicted octanol–water partition coefficient (Wildman–Crippen LogP) is 9.30.